The number of piperazine rings is 1. The van der Waals surface area contributed by atoms with Gasteiger partial charge in [-0.2, -0.15) is 0 Å². The number of likely N-dealkylation sites (N-methyl/N-ethyl adjacent to an activating group) is 1. The van der Waals surface area contributed by atoms with Gasteiger partial charge in [0, 0.05) is 38.1 Å². The average Bonchev–Trinajstić information content (AvgIpc) is 3.26. The zero-order chi connectivity index (χ0) is 16.9. The Labute approximate surface area is 144 Å². The third kappa shape index (κ3) is 3.82. The summed E-state index contributed by atoms with van der Waals surface area (Å²) in [5, 5.41) is 5.26. The maximum atomic E-state index is 12.6. The molecule has 1 aliphatic rings. The minimum absolute atomic E-state index is 0.0277. The number of hydrogen-bond donors (Lipinski definition) is 1. The number of hydrogen-bond acceptors (Lipinski definition) is 6. The minimum atomic E-state index is -0.0679. The van der Waals surface area contributed by atoms with Gasteiger partial charge in [-0.25, -0.2) is 4.98 Å². The van der Waals surface area contributed by atoms with Crippen LogP contribution in [-0.2, 0) is 4.79 Å². The van der Waals surface area contributed by atoms with Gasteiger partial charge < -0.3 is 14.6 Å². The molecule has 2 aromatic rings. The van der Waals surface area contributed by atoms with Crippen LogP contribution in [0.15, 0.2) is 28.2 Å². The van der Waals surface area contributed by atoms with E-state index in [1.807, 2.05) is 13.0 Å². The number of rotatable bonds is 5. The smallest absolute Gasteiger partial charge is 0.273 e. The van der Waals surface area contributed by atoms with Gasteiger partial charge in [0.15, 0.2) is 10.8 Å². The Balaban J connectivity index is 1.55. The highest BCUT2D eigenvalue weighted by molar-refractivity contribution is 7.13. The summed E-state index contributed by atoms with van der Waals surface area (Å²) in [6, 6.07) is 3.62. The zero-order valence-electron chi connectivity index (χ0n) is 13.5. The van der Waals surface area contributed by atoms with Crippen LogP contribution in [0.1, 0.15) is 17.4 Å². The first kappa shape index (κ1) is 16.7. The first-order valence-corrected chi connectivity index (χ1v) is 8.83. The Hall–Kier alpha value is -2.19. The molecule has 0 atom stereocenters. The molecule has 3 heterocycles. The van der Waals surface area contributed by atoms with Crippen molar-refractivity contribution in [2.45, 2.75) is 6.92 Å². The number of nitrogens with one attached hydrogen (secondary N) is 1. The second kappa shape index (κ2) is 7.59. The lowest BCUT2D eigenvalue weighted by molar-refractivity contribution is -0.122. The van der Waals surface area contributed by atoms with E-state index in [4.69, 9.17) is 4.42 Å². The monoisotopic (exact) mass is 348 g/mol. The second-order valence-electron chi connectivity index (χ2n) is 5.54. The van der Waals surface area contributed by atoms with Gasteiger partial charge in [-0.1, -0.05) is 0 Å². The molecular weight excluding hydrogens is 328 g/mol. The third-order valence-corrected chi connectivity index (χ3v) is 4.71. The molecule has 1 saturated heterocycles. The predicted molar refractivity (Wildman–Crippen MR) is 90.8 cm³/mol. The maximum absolute atomic E-state index is 12.6. The molecule has 0 bridgehead atoms. The molecule has 7 nitrogen and oxygen atoms in total. The number of thiazole rings is 1. The molecular formula is C16H20N4O3S. The molecule has 1 aliphatic heterocycles. The zero-order valence-corrected chi connectivity index (χ0v) is 14.3. The van der Waals surface area contributed by atoms with Crippen LogP contribution in [0.4, 0.5) is 0 Å². The van der Waals surface area contributed by atoms with Crippen molar-refractivity contribution in [1.82, 2.24) is 20.1 Å². The molecule has 0 saturated carbocycles. The van der Waals surface area contributed by atoms with Crippen LogP contribution < -0.4 is 5.32 Å². The van der Waals surface area contributed by atoms with E-state index in [1.165, 1.54) is 11.3 Å². The van der Waals surface area contributed by atoms with E-state index in [9.17, 15) is 9.59 Å². The summed E-state index contributed by atoms with van der Waals surface area (Å²) in [6.07, 6.45) is 1.59. The van der Waals surface area contributed by atoms with Crippen molar-refractivity contribution < 1.29 is 14.0 Å². The van der Waals surface area contributed by atoms with Crippen molar-refractivity contribution in [3.63, 3.8) is 0 Å². The topological polar surface area (TPSA) is 78.7 Å². The molecule has 2 amide bonds. The first-order chi connectivity index (χ1) is 11.7. The summed E-state index contributed by atoms with van der Waals surface area (Å²) in [6.45, 7) is 5.52. The second-order valence-corrected chi connectivity index (χ2v) is 6.40. The summed E-state index contributed by atoms with van der Waals surface area (Å²) in [7, 11) is 0. The molecule has 2 aromatic heterocycles. The van der Waals surface area contributed by atoms with E-state index in [0.29, 0.717) is 55.7 Å². The third-order valence-electron chi connectivity index (χ3n) is 3.86. The summed E-state index contributed by atoms with van der Waals surface area (Å²) in [5.41, 5.74) is 0.448. The van der Waals surface area contributed by atoms with Crippen LogP contribution in [0.5, 0.6) is 0 Å². The minimum Gasteiger partial charge on any atom is -0.462 e. The SMILES string of the molecule is CCNC(=O)CN1CCN(C(=O)c2csc(-c3ccco3)n2)CC1. The van der Waals surface area contributed by atoms with Gasteiger partial charge in [0.1, 0.15) is 5.69 Å². The molecule has 8 heteroatoms. The van der Waals surface area contributed by atoms with E-state index in [1.54, 1.807) is 22.6 Å². The molecule has 1 fully saturated rings. The molecule has 3 rings (SSSR count). The van der Waals surface area contributed by atoms with E-state index in [0.717, 1.165) is 0 Å². The van der Waals surface area contributed by atoms with E-state index in [-0.39, 0.29) is 11.8 Å². The van der Waals surface area contributed by atoms with Gasteiger partial charge in [-0.15, -0.1) is 11.3 Å². The lowest BCUT2D eigenvalue weighted by Gasteiger charge is -2.33. The van der Waals surface area contributed by atoms with Crippen LogP contribution in [-0.4, -0.2) is 65.9 Å². The van der Waals surface area contributed by atoms with Crippen molar-refractivity contribution in [1.29, 1.82) is 0 Å². The van der Waals surface area contributed by atoms with Gasteiger partial charge in [-0.05, 0) is 19.1 Å². The highest BCUT2D eigenvalue weighted by Crippen LogP contribution is 2.24. The first-order valence-electron chi connectivity index (χ1n) is 7.95. The lowest BCUT2D eigenvalue weighted by atomic mass is 10.3. The fourth-order valence-electron chi connectivity index (χ4n) is 2.61. The Kier molecular flexibility index (Phi) is 5.27. The van der Waals surface area contributed by atoms with Gasteiger partial charge in [0.2, 0.25) is 5.91 Å². The number of amides is 2. The van der Waals surface area contributed by atoms with Crippen LogP contribution >= 0.6 is 11.3 Å². The number of carbonyl (C=O) groups is 2. The summed E-state index contributed by atoms with van der Waals surface area (Å²) in [4.78, 5) is 32.4. The molecule has 0 aromatic carbocycles. The van der Waals surface area contributed by atoms with Gasteiger partial charge in [0.25, 0.3) is 5.91 Å². The number of aromatic nitrogens is 1. The molecule has 0 radical (unpaired) electrons. The van der Waals surface area contributed by atoms with Crippen LogP contribution in [0, 0.1) is 0 Å². The van der Waals surface area contributed by atoms with E-state index < -0.39 is 0 Å². The molecule has 24 heavy (non-hydrogen) atoms. The molecule has 1 N–H and O–H groups in total. The van der Waals surface area contributed by atoms with Crippen molar-refractivity contribution in [3.8, 4) is 10.8 Å². The van der Waals surface area contributed by atoms with Crippen molar-refractivity contribution in [3.05, 3.63) is 29.5 Å². The Bertz CT molecular complexity index is 690. The summed E-state index contributed by atoms with van der Waals surface area (Å²) in [5.74, 6) is 0.632. The normalized spacial score (nSPS) is 15.5. The Morgan fingerprint density at radius 1 is 1.33 bits per heavy atom. The van der Waals surface area contributed by atoms with Crippen molar-refractivity contribution in [2.75, 3.05) is 39.3 Å². The van der Waals surface area contributed by atoms with Gasteiger partial charge in [0.05, 0.1) is 12.8 Å². The number of nitrogens with zero attached hydrogens (tertiary/aromatic N) is 3. The van der Waals surface area contributed by atoms with Gasteiger partial charge in [-0.3, -0.25) is 14.5 Å². The maximum Gasteiger partial charge on any atom is 0.273 e. The highest BCUT2D eigenvalue weighted by atomic mass is 32.1. The molecule has 0 spiro atoms. The molecule has 0 unspecified atom stereocenters. The van der Waals surface area contributed by atoms with E-state index >= 15 is 0 Å². The fourth-order valence-corrected chi connectivity index (χ4v) is 3.37. The van der Waals surface area contributed by atoms with Crippen molar-refractivity contribution in [2.24, 2.45) is 0 Å². The quantitative estimate of drug-likeness (QED) is 0.881. The van der Waals surface area contributed by atoms with Crippen LogP contribution in [0.3, 0.4) is 0 Å². The van der Waals surface area contributed by atoms with Crippen LogP contribution in [0.2, 0.25) is 0 Å². The van der Waals surface area contributed by atoms with E-state index in [2.05, 4.69) is 15.2 Å². The summed E-state index contributed by atoms with van der Waals surface area (Å²) < 4.78 is 5.31. The summed E-state index contributed by atoms with van der Waals surface area (Å²) >= 11 is 1.40. The highest BCUT2D eigenvalue weighted by Gasteiger charge is 2.25. The standard InChI is InChI=1S/C16H20N4O3S/c1-2-17-14(21)10-19-5-7-20(8-6-19)16(22)12-11-24-15(18-12)13-4-3-9-23-13/h3-4,9,11H,2,5-8,10H2,1H3,(H,17,21). The van der Waals surface area contributed by atoms with Crippen molar-refractivity contribution >= 4 is 23.2 Å². The largest absolute Gasteiger partial charge is 0.462 e. The molecule has 128 valence electrons. The van der Waals surface area contributed by atoms with Gasteiger partial charge >= 0.3 is 0 Å². The predicted octanol–water partition coefficient (Wildman–Crippen LogP) is 1.30. The Morgan fingerprint density at radius 3 is 2.79 bits per heavy atom. The fraction of sp³-hybridized carbons (Fsp3) is 0.438. The molecule has 0 aliphatic carbocycles. The number of carbonyl (C=O) groups excluding carboxylic acids is 2. The van der Waals surface area contributed by atoms with Crippen LogP contribution in [0.25, 0.3) is 10.8 Å². The Morgan fingerprint density at radius 2 is 2.12 bits per heavy atom. The average molecular weight is 348 g/mol. The lowest BCUT2D eigenvalue weighted by Crippen LogP contribution is -2.51. The number of furan rings is 1.